The average molecular weight is 200 g/mol. The van der Waals surface area contributed by atoms with Gasteiger partial charge in [0.25, 0.3) is 0 Å². The third-order valence-corrected chi connectivity index (χ3v) is 2.57. The molecule has 1 aromatic carbocycles. The fourth-order valence-electron chi connectivity index (χ4n) is 0.713. The highest BCUT2D eigenvalue weighted by Gasteiger charge is 2.00. The van der Waals surface area contributed by atoms with E-state index in [4.69, 9.17) is 22.0 Å². The van der Waals surface area contributed by atoms with Crippen LogP contribution >= 0.6 is 23.4 Å². The molecule has 12 heavy (non-hydrogen) atoms. The molecule has 0 heterocycles. The molecule has 0 atom stereocenters. The molecule has 0 bridgehead atoms. The van der Waals surface area contributed by atoms with Gasteiger partial charge in [0.05, 0.1) is 16.8 Å². The summed E-state index contributed by atoms with van der Waals surface area (Å²) in [7, 11) is 0. The third kappa shape index (κ3) is 2.33. The number of hydrogen-bond acceptors (Lipinski definition) is 3. The van der Waals surface area contributed by atoms with E-state index >= 15 is 0 Å². The molecule has 0 fully saturated rings. The Labute approximate surface area is 79.8 Å². The van der Waals surface area contributed by atoms with Crippen molar-refractivity contribution in [3.63, 3.8) is 0 Å². The van der Waals surface area contributed by atoms with E-state index in [1.54, 1.807) is 12.1 Å². The SMILES string of the molecule is N#CCSc1cc(O)ccc1Cl. The molecule has 1 aromatic rings. The van der Waals surface area contributed by atoms with E-state index < -0.39 is 0 Å². The van der Waals surface area contributed by atoms with Gasteiger partial charge >= 0.3 is 0 Å². The standard InChI is InChI=1S/C8H6ClNOS/c9-7-2-1-6(11)5-8(7)12-4-3-10/h1-2,5,11H,4H2. The van der Waals surface area contributed by atoms with Crippen LogP contribution in [0, 0.1) is 11.3 Å². The van der Waals surface area contributed by atoms with Gasteiger partial charge in [-0.05, 0) is 18.2 Å². The summed E-state index contributed by atoms with van der Waals surface area (Å²) in [6, 6.07) is 6.65. The Morgan fingerprint density at radius 1 is 1.58 bits per heavy atom. The fourth-order valence-corrected chi connectivity index (χ4v) is 1.62. The van der Waals surface area contributed by atoms with Gasteiger partial charge in [0, 0.05) is 4.90 Å². The number of thioether (sulfide) groups is 1. The third-order valence-electron chi connectivity index (χ3n) is 1.21. The zero-order valence-electron chi connectivity index (χ0n) is 6.12. The molecule has 0 aliphatic rings. The van der Waals surface area contributed by atoms with Crippen molar-refractivity contribution in [2.45, 2.75) is 4.90 Å². The minimum atomic E-state index is 0.167. The first kappa shape index (κ1) is 9.24. The second kappa shape index (κ2) is 4.24. The first-order valence-corrected chi connectivity index (χ1v) is 4.58. The van der Waals surface area contributed by atoms with E-state index in [9.17, 15) is 0 Å². The number of phenolic OH excluding ortho intramolecular Hbond substituents is 1. The normalized spacial score (nSPS) is 9.33. The van der Waals surface area contributed by atoms with Crippen molar-refractivity contribution in [2.24, 2.45) is 0 Å². The minimum absolute atomic E-state index is 0.167. The van der Waals surface area contributed by atoms with Crippen LogP contribution in [0.15, 0.2) is 23.1 Å². The summed E-state index contributed by atoms with van der Waals surface area (Å²) < 4.78 is 0. The monoisotopic (exact) mass is 199 g/mol. The van der Waals surface area contributed by atoms with Gasteiger partial charge in [-0.2, -0.15) is 5.26 Å². The van der Waals surface area contributed by atoms with Crippen molar-refractivity contribution in [3.05, 3.63) is 23.2 Å². The maximum absolute atomic E-state index is 9.08. The molecule has 4 heteroatoms. The highest BCUT2D eigenvalue weighted by molar-refractivity contribution is 7.99. The highest BCUT2D eigenvalue weighted by Crippen LogP contribution is 2.29. The lowest BCUT2D eigenvalue weighted by Crippen LogP contribution is -1.76. The Kier molecular flexibility index (Phi) is 3.27. The van der Waals surface area contributed by atoms with Gasteiger partial charge in [0.1, 0.15) is 5.75 Å². The van der Waals surface area contributed by atoms with Gasteiger partial charge in [-0.1, -0.05) is 11.6 Å². The van der Waals surface area contributed by atoms with Crippen LogP contribution in [0.5, 0.6) is 5.75 Å². The van der Waals surface area contributed by atoms with Crippen LogP contribution in [-0.4, -0.2) is 10.9 Å². The molecule has 62 valence electrons. The second-order valence-corrected chi connectivity index (χ2v) is 3.49. The van der Waals surface area contributed by atoms with Crippen molar-refractivity contribution >= 4 is 23.4 Å². The van der Waals surface area contributed by atoms with E-state index in [0.29, 0.717) is 10.8 Å². The van der Waals surface area contributed by atoms with Gasteiger partial charge in [-0.15, -0.1) is 11.8 Å². The topological polar surface area (TPSA) is 44.0 Å². The van der Waals surface area contributed by atoms with E-state index in [1.807, 2.05) is 6.07 Å². The summed E-state index contributed by atoms with van der Waals surface area (Å²) in [4.78, 5) is 0.734. The average Bonchev–Trinajstić information content (AvgIpc) is 2.07. The Morgan fingerprint density at radius 2 is 2.33 bits per heavy atom. The number of nitriles is 1. The van der Waals surface area contributed by atoms with Crippen molar-refractivity contribution in [2.75, 3.05) is 5.75 Å². The molecule has 1 rings (SSSR count). The Bertz CT molecular complexity index is 321. The van der Waals surface area contributed by atoms with Gasteiger partial charge in [0.15, 0.2) is 0 Å². The van der Waals surface area contributed by atoms with Crippen LogP contribution in [0.25, 0.3) is 0 Å². The Morgan fingerprint density at radius 3 is 3.00 bits per heavy atom. The summed E-state index contributed by atoms with van der Waals surface area (Å²) in [5, 5.41) is 18.0. The summed E-state index contributed by atoms with van der Waals surface area (Å²) in [6.07, 6.45) is 0. The summed E-state index contributed by atoms with van der Waals surface area (Å²) in [6.45, 7) is 0. The van der Waals surface area contributed by atoms with Gasteiger partial charge in [0.2, 0.25) is 0 Å². The molecule has 0 saturated heterocycles. The summed E-state index contributed by atoms with van der Waals surface area (Å²) in [5.74, 6) is 0.503. The molecule has 0 saturated carbocycles. The molecule has 0 spiro atoms. The minimum Gasteiger partial charge on any atom is -0.508 e. The zero-order valence-corrected chi connectivity index (χ0v) is 7.69. The van der Waals surface area contributed by atoms with Gasteiger partial charge in [-0.3, -0.25) is 0 Å². The Balaban J connectivity index is 2.84. The molecule has 2 nitrogen and oxygen atoms in total. The van der Waals surface area contributed by atoms with E-state index in [1.165, 1.54) is 17.8 Å². The molecule has 0 aliphatic carbocycles. The molecular weight excluding hydrogens is 194 g/mol. The summed E-state index contributed by atoms with van der Waals surface area (Å²) in [5.41, 5.74) is 0. The lowest BCUT2D eigenvalue weighted by atomic mass is 10.3. The van der Waals surface area contributed by atoms with Crippen LogP contribution in [0.2, 0.25) is 5.02 Å². The predicted molar refractivity (Wildman–Crippen MR) is 49.5 cm³/mol. The van der Waals surface area contributed by atoms with E-state index in [2.05, 4.69) is 0 Å². The van der Waals surface area contributed by atoms with Crippen LogP contribution in [0.1, 0.15) is 0 Å². The summed E-state index contributed by atoms with van der Waals surface area (Å²) >= 11 is 7.10. The van der Waals surface area contributed by atoms with Crippen LogP contribution < -0.4 is 0 Å². The number of halogens is 1. The van der Waals surface area contributed by atoms with E-state index in [0.717, 1.165) is 4.90 Å². The highest BCUT2D eigenvalue weighted by atomic mass is 35.5. The second-order valence-electron chi connectivity index (χ2n) is 2.06. The number of hydrogen-bond donors (Lipinski definition) is 1. The smallest absolute Gasteiger partial charge is 0.116 e. The van der Waals surface area contributed by atoms with Crippen LogP contribution in [0.4, 0.5) is 0 Å². The number of rotatable bonds is 2. The molecule has 0 radical (unpaired) electrons. The number of phenols is 1. The predicted octanol–water partition coefficient (Wildman–Crippen LogP) is 2.66. The maximum Gasteiger partial charge on any atom is 0.116 e. The number of aromatic hydroxyl groups is 1. The molecule has 0 aromatic heterocycles. The lowest BCUT2D eigenvalue weighted by Gasteiger charge is -2.00. The van der Waals surface area contributed by atoms with Crippen molar-refractivity contribution in [3.8, 4) is 11.8 Å². The van der Waals surface area contributed by atoms with Crippen molar-refractivity contribution in [1.29, 1.82) is 5.26 Å². The number of nitrogens with zero attached hydrogens (tertiary/aromatic N) is 1. The van der Waals surface area contributed by atoms with Gasteiger partial charge < -0.3 is 5.11 Å². The lowest BCUT2D eigenvalue weighted by molar-refractivity contribution is 0.474. The largest absolute Gasteiger partial charge is 0.508 e. The Hall–Kier alpha value is -0.850. The zero-order chi connectivity index (χ0) is 8.97. The molecule has 1 N–H and O–H groups in total. The number of benzene rings is 1. The van der Waals surface area contributed by atoms with Gasteiger partial charge in [-0.25, -0.2) is 0 Å². The van der Waals surface area contributed by atoms with Crippen LogP contribution in [0.3, 0.4) is 0 Å². The molecular formula is C8H6ClNOS. The first-order valence-electron chi connectivity index (χ1n) is 3.22. The quantitative estimate of drug-likeness (QED) is 0.745. The molecule has 0 unspecified atom stereocenters. The van der Waals surface area contributed by atoms with E-state index in [-0.39, 0.29) is 5.75 Å². The van der Waals surface area contributed by atoms with Crippen molar-refractivity contribution in [1.82, 2.24) is 0 Å². The van der Waals surface area contributed by atoms with Crippen LogP contribution in [-0.2, 0) is 0 Å². The fraction of sp³-hybridized carbons (Fsp3) is 0.125. The first-order chi connectivity index (χ1) is 5.74. The maximum atomic E-state index is 9.08. The molecule has 0 amide bonds. The molecule has 0 aliphatic heterocycles. The van der Waals surface area contributed by atoms with Crippen molar-refractivity contribution < 1.29 is 5.11 Å².